The highest BCUT2D eigenvalue weighted by molar-refractivity contribution is 5.73. The molecule has 124 valence electrons. The third kappa shape index (κ3) is 2.66. The standard InChI is InChI=1S/C19H21N3O2/c1-23-13-14-24-22-17(15-5-3-2-4-6-15)8-7-16-9-11-21-12-10-20-19(21)18(16)22/h2-6,9-12,17H,7-8,13-14H2,1H3. The Morgan fingerprint density at radius 2 is 2.00 bits per heavy atom. The normalized spacial score (nSPS) is 17.2. The van der Waals surface area contributed by atoms with Crippen LogP contribution in [0.1, 0.15) is 23.6 Å². The number of nitrogens with zero attached hydrogens (tertiary/aromatic N) is 3. The molecule has 0 spiro atoms. The maximum Gasteiger partial charge on any atom is 0.163 e. The van der Waals surface area contributed by atoms with Gasteiger partial charge in [0.2, 0.25) is 0 Å². The van der Waals surface area contributed by atoms with Crippen LogP contribution in [0.5, 0.6) is 0 Å². The van der Waals surface area contributed by atoms with E-state index in [1.54, 1.807) is 7.11 Å². The number of anilines is 1. The second kappa shape index (κ2) is 6.63. The Labute approximate surface area is 141 Å². The van der Waals surface area contributed by atoms with Gasteiger partial charge in [0.15, 0.2) is 5.65 Å². The average molecular weight is 323 g/mol. The molecule has 0 saturated heterocycles. The molecule has 3 aromatic rings. The maximum atomic E-state index is 6.15. The Balaban J connectivity index is 1.78. The summed E-state index contributed by atoms with van der Waals surface area (Å²) in [5.41, 5.74) is 4.54. The van der Waals surface area contributed by atoms with E-state index in [1.165, 1.54) is 11.1 Å². The lowest BCUT2D eigenvalue weighted by Crippen LogP contribution is -2.35. The van der Waals surface area contributed by atoms with E-state index in [9.17, 15) is 0 Å². The second-order valence-corrected chi connectivity index (χ2v) is 5.96. The summed E-state index contributed by atoms with van der Waals surface area (Å²) in [6.07, 6.45) is 7.89. The van der Waals surface area contributed by atoms with Gasteiger partial charge in [-0.3, -0.25) is 4.84 Å². The van der Waals surface area contributed by atoms with E-state index in [4.69, 9.17) is 9.57 Å². The van der Waals surface area contributed by atoms with E-state index >= 15 is 0 Å². The van der Waals surface area contributed by atoms with E-state index < -0.39 is 0 Å². The van der Waals surface area contributed by atoms with Gasteiger partial charge < -0.3 is 9.14 Å². The van der Waals surface area contributed by atoms with Gasteiger partial charge in [0.1, 0.15) is 5.69 Å². The fourth-order valence-corrected chi connectivity index (χ4v) is 3.37. The van der Waals surface area contributed by atoms with Gasteiger partial charge in [-0.25, -0.2) is 10.0 Å². The van der Waals surface area contributed by atoms with Crippen molar-refractivity contribution >= 4 is 11.3 Å². The summed E-state index contributed by atoms with van der Waals surface area (Å²) in [5, 5.41) is 2.04. The largest absolute Gasteiger partial charge is 0.382 e. The zero-order chi connectivity index (χ0) is 16.4. The van der Waals surface area contributed by atoms with Gasteiger partial charge in [-0.15, -0.1) is 0 Å². The van der Waals surface area contributed by atoms with Crippen molar-refractivity contribution in [2.45, 2.75) is 18.9 Å². The van der Waals surface area contributed by atoms with Crippen LogP contribution in [0.3, 0.4) is 0 Å². The number of pyridine rings is 1. The Bertz CT molecular complexity index is 816. The number of aryl methyl sites for hydroxylation is 1. The number of benzene rings is 1. The first kappa shape index (κ1) is 15.2. The average Bonchev–Trinajstić information content (AvgIpc) is 3.11. The second-order valence-electron chi connectivity index (χ2n) is 5.96. The number of aromatic nitrogens is 2. The number of methoxy groups -OCH3 is 1. The van der Waals surface area contributed by atoms with Crippen LogP contribution in [0.15, 0.2) is 55.0 Å². The Morgan fingerprint density at radius 1 is 1.12 bits per heavy atom. The van der Waals surface area contributed by atoms with Crippen molar-refractivity contribution in [1.29, 1.82) is 0 Å². The monoisotopic (exact) mass is 323 g/mol. The van der Waals surface area contributed by atoms with E-state index in [0.29, 0.717) is 13.2 Å². The number of imidazole rings is 1. The van der Waals surface area contributed by atoms with Gasteiger partial charge in [-0.2, -0.15) is 0 Å². The highest BCUT2D eigenvalue weighted by atomic mass is 16.7. The fraction of sp³-hybridized carbons (Fsp3) is 0.316. The highest BCUT2D eigenvalue weighted by Gasteiger charge is 2.31. The summed E-state index contributed by atoms with van der Waals surface area (Å²) in [6, 6.07) is 12.9. The molecule has 0 saturated carbocycles. The zero-order valence-electron chi connectivity index (χ0n) is 13.8. The van der Waals surface area contributed by atoms with Gasteiger partial charge in [-0.1, -0.05) is 30.3 Å². The predicted octanol–water partition coefficient (Wildman–Crippen LogP) is 3.41. The van der Waals surface area contributed by atoms with Crippen molar-refractivity contribution in [2.75, 3.05) is 25.4 Å². The van der Waals surface area contributed by atoms with Gasteiger partial charge >= 0.3 is 0 Å². The summed E-state index contributed by atoms with van der Waals surface area (Å²) in [6.45, 7) is 1.08. The van der Waals surface area contributed by atoms with Crippen molar-refractivity contribution in [3.8, 4) is 0 Å². The van der Waals surface area contributed by atoms with Gasteiger partial charge in [0.05, 0.1) is 19.3 Å². The van der Waals surface area contributed by atoms with Crippen LogP contribution in [0.2, 0.25) is 0 Å². The quantitative estimate of drug-likeness (QED) is 0.675. The molecule has 0 radical (unpaired) electrons. The topological polar surface area (TPSA) is 39.0 Å². The predicted molar refractivity (Wildman–Crippen MR) is 93.0 cm³/mol. The third-order valence-electron chi connectivity index (χ3n) is 4.51. The summed E-state index contributed by atoms with van der Waals surface area (Å²) in [7, 11) is 1.69. The maximum absolute atomic E-state index is 6.15. The fourth-order valence-electron chi connectivity index (χ4n) is 3.37. The van der Waals surface area contributed by atoms with Crippen LogP contribution in [0.4, 0.5) is 5.69 Å². The summed E-state index contributed by atoms with van der Waals surface area (Å²) in [4.78, 5) is 10.7. The Hall–Kier alpha value is -2.37. The smallest absolute Gasteiger partial charge is 0.163 e. The molecule has 1 aliphatic rings. The molecular weight excluding hydrogens is 302 g/mol. The molecule has 0 aliphatic carbocycles. The number of fused-ring (bicyclic) bond motifs is 3. The van der Waals surface area contributed by atoms with Crippen LogP contribution in [0, 0.1) is 0 Å². The summed E-state index contributed by atoms with van der Waals surface area (Å²) in [5.74, 6) is 0. The number of ether oxygens (including phenoxy) is 1. The molecule has 3 heterocycles. The van der Waals surface area contributed by atoms with Crippen LogP contribution in [-0.2, 0) is 16.0 Å². The van der Waals surface area contributed by atoms with Crippen molar-refractivity contribution < 1.29 is 9.57 Å². The van der Waals surface area contributed by atoms with Gasteiger partial charge in [0.25, 0.3) is 0 Å². The molecule has 1 unspecified atom stereocenters. The molecule has 1 aliphatic heterocycles. The minimum atomic E-state index is 0.179. The van der Waals surface area contributed by atoms with Crippen molar-refractivity contribution in [2.24, 2.45) is 0 Å². The molecule has 24 heavy (non-hydrogen) atoms. The van der Waals surface area contributed by atoms with Crippen LogP contribution in [0.25, 0.3) is 5.65 Å². The van der Waals surface area contributed by atoms with Crippen LogP contribution < -0.4 is 5.06 Å². The molecule has 0 amide bonds. The molecular formula is C19H21N3O2. The van der Waals surface area contributed by atoms with E-state index in [-0.39, 0.29) is 6.04 Å². The van der Waals surface area contributed by atoms with Crippen molar-refractivity contribution in [1.82, 2.24) is 9.38 Å². The molecule has 1 aromatic carbocycles. The molecule has 0 bridgehead atoms. The number of hydrogen-bond donors (Lipinski definition) is 0. The molecule has 5 heteroatoms. The summed E-state index contributed by atoms with van der Waals surface area (Å²) >= 11 is 0. The SMILES string of the molecule is COCCON1c2c(ccn3ccnc23)CCC1c1ccccc1. The van der Waals surface area contributed by atoms with E-state index in [1.807, 2.05) is 27.9 Å². The van der Waals surface area contributed by atoms with Gasteiger partial charge in [0, 0.05) is 25.7 Å². The van der Waals surface area contributed by atoms with E-state index in [0.717, 1.165) is 24.2 Å². The molecule has 5 nitrogen and oxygen atoms in total. The van der Waals surface area contributed by atoms with Gasteiger partial charge in [-0.05, 0) is 30.0 Å². The minimum absolute atomic E-state index is 0.179. The first-order valence-corrected chi connectivity index (χ1v) is 8.29. The Kier molecular flexibility index (Phi) is 4.19. The third-order valence-corrected chi connectivity index (χ3v) is 4.51. The molecule has 2 aromatic heterocycles. The van der Waals surface area contributed by atoms with Crippen LogP contribution in [-0.4, -0.2) is 29.7 Å². The minimum Gasteiger partial charge on any atom is -0.382 e. The van der Waals surface area contributed by atoms with E-state index in [2.05, 4.69) is 41.5 Å². The first-order valence-electron chi connectivity index (χ1n) is 8.29. The lowest BCUT2D eigenvalue weighted by atomic mass is 9.93. The lowest BCUT2D eigenvalue weighted by molar-refractivity contribution is 0.0375. The lowest BCUT2D eigenvalue weighted by Gasteiger charge is -2.37. The van der Waals surface area contributed by atoms with Crippen molar-refractivity contribution in [3.63, 3.8) is 0 Å². The Morgan fingerprint density at radius 3 is 2.83 bits per heavy atom. The zero-order valence-corrected chi connectivity index (χ0v) is 13.8. The number of hydrogen-bond acceptors (Lipinski definition) is 4. The van der Waals surface area contributed by atoms with Crippen LogP contribution >= 0.6 is 0 Å². The molecule has 0 fully saturated rings. The number of rotatable bonds is 5. The molecule has 0 N–H and O–H groups in total. The summed E-state index contributed by atoms with van der Waals surface area (Å²) < 4.78 is 7.20. The molecule has 1 atom stereocenters. The number of hydroxylamine groups is 1. The first-order chi connectivity index (χ1) is 11.9. The van der Waals surface area contributed by atoms with Crippen molar-refractivity contribution in [3.05, 3.63) is 66.1 Å². The highest BCUT2D eigenvalue weighted by Crippen LogP contribution is 2.40. The molecule has 4 rings (SSSR count).